The van der Waals surface area contributed by atoms with Gasteiger partial charge in [0, 0.05) is 6.42 Å². The fraction of sp³-hybridized carbons (Fsp3) is 0.833. The molecule has 0 N–H and O–H groups in total. The van der Waals surface area contributed by atoms with Crippen LogP contribution in [0.4, 0.5) is 0 Å². The van der Waals surface area contributed by atoms with Crippen molar-refractivity contribution in [1.82, 2.24) is 0 Å². The Morgan fingerprint density at radius 2 is 2.10 bits per heavy atom. The van der Waals surface area contributed by atoms with Gasteiger partial charge < -0.3 is 10.1 Å². The third-order valence-electron chi connectivity index (χ3n) is 1.08. The predicted molar refractivity (Wildman–Crippen MR) is 30.2 cm³/mol. The zero-order valence-corrected chi connectivity index (χ0v) is 9.68. The Hall–Kier alpha value is 1.07. The maximum absolute atomic E-state index is 10.2. The molecule has 0 bridgehead atoms. The number of carbonyl (C=O) groups is 1. The van der Waals surface area contributed by atoms with Crippen LogP contribution in [0.15, 0.2) is 0 Å². The van der Waals surface area contributed by atoms with E-state index in [4.69, 9.17) is 0 Å². The summed E-state index contributed by atoms with van der Waals surface area (Å²) in [5, 5.41) is 9.37. The van der Waals surface area contributed by atoms with Gasteiger partial charge in [-0.3, -0.25) is 4.79 Å². The van der Waals surface area contributed by atoms with E-state index < -0.39 is 5.97 Å². The number of unbranched alkanes of at least 4 members (excludes halogenated alkanes) is 2. The molecule has 54 valence electrons. The average Bonchev–Trinajstić information content (AvgIpc) is 1.89. The first kappa shape index (κ1) is 13.6. The molecular formula is C6H11KO3. The van der Waals surface area contributed by atoms with Crippen molar-refractivity contribution in [3.8, 4) is 0 Å². The van der Waals surface area contributed by atoms with Crippen LogP contribution in [-0.4, -0.2) is 5.97 Å². The Morgan fingerprint density at radius 3 is 2.50 bits per heavy atom. The minimum absolute atomic E-state index is 0. The van der Waals surface area contributed by atoms with E-state index in [1.165, 1.54) is 0 Å². The summed E-state index contributed by atoms with van der Waals surface area (Å²) in [5.41, 5.74) is 0. The van der Waals surface area contributed by atoms with E-state index in [9.17, 15) is 10.1 Å². The average molecular weight is 170 g/mol. The molecule has 0 aromatic carbocycles. The largest absolute Gasteiger partial charge is 1.00 e. The molecule has 0 saturated carbocycles. The van der Waals surface area contributed by atoms with E-state index in [2.05, 4.69) is 4.89 Å². The van der Waals surface area contributed by atoms with Gasteiger partial charge in [0.25, 0.3) is 5.97 Å². The Balaban J connectivity index is 0. The molecule has 10 heavy (non-hydrogen) atoms. The molecule has 3 nitrogen and oxygen atoms in total. The normalized spacial score (nSPS) is 8.20. The minimum atomic E-state index is -0.650. The van der Waals surface area contributed by atoms with E-state index in [1.807, 2.05) is 6.92 Å². The number of hydrogen-bond acceptors (Lipinski definition) is 3. The van der Waals surface area contributed by atoms with E-state index in [0.29, 0.717) is 0 Å². The van der Waals surface area contributed by atoms with Crippen molar-refractivity contribution < 1.29 is 66.3 Å². The fourth-order valence-electron chi connectivity index (χ4n) is 0.561. The molecule has 0 amide bonds. The molecule has 0 aliphatic rings. The van der Waals surface area contributed by atoms with Crippen LogP contribution in [0.1, 0.15) is 32.6 Å². The Bertz CT molecular complexity index is 85.1. The van der Waals surface area contributed by atoms with Gasteiger partial charge in [-0.25, -0.2) is 0 Å². The van der Waals surface area contributed by atoms with E-state index in [-0.39, 0.29) is 57.8 Å². The summed E-state index contributed by atoms with van der Waals surface area (Å²) in [7, 11) is 0. The van der Waals surface area contributed by atoms with Crippen LogP contribution in [0.3, 0.4) is 0 Å². The Labute approximate surface area is 103 Å². The molecule has 0 unspecified atom stereocenters. The van der Waals surface area contributed by atoms with Crippen molar-refractivity contribution in [2.75, 3.05) is 0 Å². The summed E-state index contributed by atoms with van der Waals surface area (Å²) in [4.78, 5) is 13.4. The zero-order chi connectivity index (χ0) is 7.11. The maximum atomic E-state index is 10.2. The molecule has 0 heterocycles. The minimum Gasteiger partial charge on any atom is -0.662 e. The molecule has 0 spiro atoms. The molecule has 0 saturated heterocycles. The van der Waals surface area contributed by atoms with Crippen molar-refractivity contribution in [3.63, 3.8) is 0 Å². The van der Waals surface area contributed by atoms with Gasteiger partial charge in [0.15, 0.2) is 0 Å². The summed E-state index contributed by atoms with van der Waals surface area (Å²) in [5.74, 6) is -0.650. The molecule has 0 fully saturated rings. The molecule has 0 aliphatic heterocycles. The van der Waals surface area contributed by atoms with Crippen molar-refractivity contribution in [2.24, 2.45) is 0 Å². The SMILES string of the molecule is CCCCCC(=O)O[O-].[K+]. The van der Waals surface area contributed by atoms with E-state index in [0.717, 1.165) is 19.3 Å². The van der Waals surface area contributed by atoms with Gasteiger partial charge in [-0.05, 0) is 6.42 Å². The molecule has 0 aliphatic carbocycles. The first-order valence-corrected chi connectivity index (χ1v) is 3.14. The fourth-order valence-corrected chi connectivity index (χ4v) is 0.561. The third-order valence-corrected chi connectivity index (χ3v) is 1.08. The number of carbonyl (C=O) groups excluding carboxylic acids is 1. The second kappa shape index (κ2) is 10.1. The maximum Gasteiger partial charge on any atom is 1.00 e. The third kappa shape index (κ3) is 9.07. The summed E-state index contributed by atoms with van der Waals surface area (Å²) in [6, 6.07) is 0. The molecule has 4 heteroatoms. The topological polar surface area (TPSA) is 49.4 Å². The van der Waals surface area contributed by atoms with Gasteiger partial charge in [-0.1, -0.05) is 19.8 Å². The van der Waals surface area contributed by atoms with Crippen LogP contribution in [0.5, 0.6) is 0 Å². The van der Waals surface area contributed by atoms with Crippen molar-refractivity contribution in [2.45, 2.75) is 32.6 Å². The van der Waals surface area contributed by atoms with Crippen LogP contribution < -0.4 is 56.6 Å². The monoisotopic (exact) mass is 170 g/mol. The van der Waals surface area contributed by atoms with Crippen LogP contribution in [0.2, 0.25) is 0 Å². The zero-order valence-electron chi connectivity index (χ0n) is 6.55. The molecule has 0 atom stereocenters. The van der Waals surface area contributed by atoms with Gasteiger partial charge in [-0.15, -0.1) is 0 Å². The second-order valence-electron chi connectivity index (χ2n) is 1.91. The van der Waals surface area contributed by atoms with Crippen molar-refractivity contribution >= 4 is 5.97 Å². The Kier molecular flexibility index (Phi) is 13.7. The summed E-state index contributed by atoms with van der Waals surface area (Å²) < 4.78 is 0. The van der Waals surface area contributed by atoms with Gasteiger partial charge >= 0.3 is 51.4 Å². The van der Waals surface area contributed by atoms with Gasteiger partial charge in [-0.2, -0.15) is 0 Å². The van der Waals surface area contributed by atoms with Crippen molar-refractivity contribution in [1.29, 1.82) is 0 Å². The van der Waals surface area contributed by atoms with Crippen molar-refractivity contribution in [3.05, 3.63) is 0 Å². The molecule has 0 rings (SSSR count). The van der Waals surface area contributed by atoms with Crippen LogP contribution in [0.25, 0.3) is 0 Å². The van der Waals surface area contributed by atoms with Gasteiger partial charge in [0.05, 0.1) is 0 Å². The quantitative estimate of drug-likeness (QED) is 0.201. The van der Waals surface area contributed by atoms with Gasteiger partial charge in [0.2, 0.25) is 0 Å². The van der Waals surface area contributed by atoms with E-state index in [1.54, 1.807) is 0 Å². The first-order valence-electron chi connectivity index (χ1n) is 3.14. The smallest absolute Gasteiger partial charge is 0.662 e. The second-order valence-corrected chi connectivity index (χ2v) is 1.91. The van der Waals surface area contributed by atoms with E-state index >= 15 is 0 Å². The summed E-state index contributed by atoms with van der Waals surface area (Å²) in [6.07, 6.45) is 3.05. The van der Waals surface area contributed by atoms with Crippen LogP contribution >= 0.6 is 0 Å². The molecule has 0 aromatic heterocycles. The number of hydrogen-bond donors (Lipinski definition) is 0. The van der Waals surface area contributed by atoms with Crippen LogP contribution in [-0.2, 0) is 9.68 Å². The molecule has 0 aromatic rings. The molecule has 0 radical (unpaired) electrons. The summed E-state index contributed by atoms with van der Waals surface area (Å²) in [6.45, 7) is 2.03. The summed E-state index contributed by atoms with van der Waals surface area (Å²) >= 11 is 0. The van der Waals surface area contributed by atoms with Crippen LogP contribution in [0, 0.1) is 0 Å². The standard InChI is InChI=1S/C6H12O3.K/c1-2-3-4-5-6(7)9-8;/h8H,2-5H2,1H3;/q;+1/p-1. The molecular weight excluding hydrogens is 159 g/mol. The Morgan fingerprint density at radius 1 is 1.50 bits per heavy atom. The predicted octanol–water partition coefficient (Wildman–Crippen LogP) is -2.61. The first-order chi connectivity index (χ1) is 4.31. The van der Waals surface area contributed by atoms with Gasteiger partial charge in [0.1, 0.15) is 0 Å². The number of rotatable bonds is 4.